The Labute approximate surface area is 130 Å². The molecule has 1 aliphatic carbocycles. The van der Waals surface area contributed by atoms with Crippen LogP contribution in [0.4, 0.5) is 0 Å². The maximum absolute atomic E-state index is 12.3. The number of amides is 2. The molecule has 1 saturated heterocycles. The summed E-state index contributed by atoms with van der Waals surface area (Å²) < 4.78 is 1.59. The fourth-order valence-electron chi connectivity index (χ4n) is 3.57. The summed E-state index contributed by atoms with van der Waals surface area (Å²) in [5.74, 6) is 0.112. The SMILES string of the molecule is O=C(Cn1cccn1)N[C@H]1CC(=O)N(C2CCCCCC2)C1. The van der Waals surface area contributed by atoms with Crippen molar-refractivity contribution in [2.24, 2.45) is 0 Å². The molecular formula is C16H24N4O2. The first-order chi connectivity index (χ1) is 10.7. The van der Waals surface area contributed by atoms with Crippen LogP contribution in [0.3, 0.4) is 0 Å². The van der Waals surface area contributed by atoms with Crippen molar-refractivity contribution < 1.29 is 9.59 Å². The number of rotatable bonds is 4. The van der Waals surface area contributed by atoms with Gasteiger partial charge in [0, 0.05) is 31.4 Å². The number of aromatic nitrogens is 2. The van der Waals surface area contributed by atoms with E-state index in [4.69, 9.17) is 0 Å². The van der Waals surface area contributed by atoms with Gasteiger partial charge < -0.3 is 10.2 Å². The fraction of sp³-hybridized carbons (Fsp3) is 0.688. The van der Waals surface area contributed by atoms with E-state index in [-0.39, 0.29) is 24.4 Å². The van der Waals surface area contributed by atoms with Gasteiger partial charge in [-0.3, -0.25) is 14.3 Å². The minimum atomic E-state index is -0.0794. The second-order valence-electron chi connectivity index (χ2n) is 6.36. The Balaban J connectivity index is 1.51. The van der Waals surface area contributed by atoms with Crippen molar-refractivity contribution in [2.75, 3.05) is 6.54 Å². The highest BCUT2D eigenvalue weighted by molar-refractivity contribution is 5.82. The van der Waals surface area contributed by atoms with Crippen molar-refractivity contribution >= 4 is 11.8 Å². The molecule has 3 rings (SSSR count). The molecule has 22 heavy (non-hydrogen) atoms. The first kappa shape index (κ1) is 15.1. The van der Waals surface area contributed by atoms with Crippen LogP contribution in [0.5, 0.6) is 0 Å². The Kier molecular flexibility index (Phi) is 4.75. The summed E-state index contributed by atoms with van der Waals surface area (Å²) in [6.07, 6.45) is 11.1. The molecule has 2 aliphatic rings. The Morgan fingerprint density at radius 2 is 2.05 bits per heavy atom. The molecule has 0 aromatic carbocycles. The molecule has 2 heterocycles. The minimum Gasteiger partial charge on any atom is -0.349 e. The molecule has 120 valence electrons. The van der Waals surface area contributed by atoms with Gasteiger partial charge in [0.2, 0.25) is 11.8 Å². The molecule has 6 nitrogen and oxygen atoms in total. The highest BCUT2D eigenvalue weighted by Gasteiger charge is 2.34. The quantitative estimate of drug-likeness (QED) is 0.853. The molecule has 1 N–H and O–H groups in total. The Morgan fingerprint density at radius 1 is 1.27 bits per heavy atom. The summed E-state index contributed by atoms with van der Waals surface area (Å²) >= 11 is 0. The Hall–Kier alpha value is -1.85. The molecule has 6 heteroatoms. The van der Waals surface area contributed by atoms with E-state index in [1.807, 2.05) is 4.90 Å². The molecule has 1 atom stereocenters. The molecule has 0 radical (unpaired) electrons. The van der Waals surface area contributed by atoms with Crippen molar-refractivity contribution in [3.05, 3.63) is 18.5 Å². The van der Waals surface area contributed by atoms with Crippen LogP contribution in [-0.2, 0) is 16.1 Å². The first-order valence-electron chi connectivity index (χ1n) is 8.28. The standard InChI is InChI=1S/C16H24N4O2/c21-15(12-19-9-5-8-17-19)18-13-10-16(22)20(11-13)14-6-3-1-2-4-7-14/h5,8-9,13-14H,1-4,6-7,10-12H2,(H,18,21)/t13-/m0/s1. The average molecular weight is 304 g/mol. The highest BCUT2D eigenvalue weighted by Crippen LogP contribution is 2.25. The average Bonchev–Trinajstić information content (AvgIpc) is 3.01. The summed E-state index contributed by atoms with van der Waals surface area (Å²) in [5, 5.41) is 6.99. The smallest absolute Gasteiger partial charge is 0.242 e. The number of nitrogens with zero attached hydrogens (tertiary/aromatic N) is 3. The second-order valence-corrected chi connectivity index (χ2v) is 6.36. The van der Waals surface area contributed by atoms with Crippen molar-refractivity contribution in [2.45, 2.75) is 63.6 Å². The van der Waals surface area contributed by atoms with E-state index in [0.29, 0.717) is 19.0 Å². The largest absolute Gasteiger partial charge is 0.349 e. The van der Waals surface area contributed by atoms with Gasteiger partial charge in [0.1, 0.15) is 6.54 Å². The van der Waals surface area contributed by atoms with E-state index >= 15 is 0 Å². The van der Waals surface area contributed by atoms with Gasteiger partial charge in [0.05, 0.1) is 6.04 Å². The zero-order chi connectivity index (χ0) is 15.4. The van der Waals surface area contributed by atoms with E-state index in [1.54, 1.807) is 23.1 Å². The third kappa shape index (κ3) is 3.67. The second kappa shape index (κ2) is 6.94. The number of likely N-dealkylation sites (tertiary alicyclic amines) is 1. The van der Waals surface area contributed by atoms with Crippen molar-refractivity contribution in [1.82, 2.24) is 20.0 Å². The van der Waals surface area contributed by atoms with E-state index in [9.17, 15) is 9.59 Å². The maximum atomic E-state index is 12.3. The molecule has 2 fully saturated rings. The van der Waals surface area contributed by atoms with Gasteiger partial charge in [-0.25, -0.2) is 0 Å². The normalized spacial score (nSPS) is 23.5. The van der Waals surface area contributed by atoms with Crippen molar-refractivity contribution in [3.63, 3.8) is 0 Å². The van der Waals surface area contributed by atoms with Gasteiger partial charge in [0.15, 0.2) is 0 Å². The Morgan fingerprint density at radius 3 is 2.73 bits per heavy atom. The number of carbonyl (C=O) groups is 2. The summed E-state index contributed by atoms with van der Waals surface area (Å²) in [6, 6.07) is 2.11. The highest BCUT2D eigenvalue weighted by atomic mass is 16.2. The van der Waals surface area contributed by atoms with Crippen LogP contribution in [0, 0.1) is 0 Å². The monoisotopic (exact) mass is 304 g/mol. The topological polar surface area (TPSA) is 67.2 Å². The predicted octanol–water partition coefficient (Wildman–Crippen LogP) is 1.32. The van der Waals surface area contributed by atoms with Crippen molar-refractivity contribution in [1.29, 1.82) is 0 Å². The molecule has 1 aromatic heterocycles. The van der Waals surface area contributed by atoms with Gasteiger partial charge >= 0.3 is 0 Å². The summed E-state index contributed by atoms with van der Waals surface area (Å²) in [7, 11) is 0. The van der Waals surface area contributed by atoms with E-state index in [1.165, 1.54) is 25.7 Å². The molecule has 1 aliphatic heterocycles. The van der Waals surface area contributed by atoms with E-state index in [2.05, 4.69) is 10.4 Å². The molecule has 1 saturated carbocycles. The number of hydrogen-bond donors (Lipinski definition) is 1. The van der Waals surface area contributed by atoms with E-state index < -0.39 is 0 Å². The fourth-order valence-corrected chi connectivity index (χ4v) is 3.57. The van der Waals surface area contributed by atoms with Gasteiger partial charge in [-0.1, -0.05) is 25.7 Å². The maximum Gasteiger partial charge on any atom is 0.242 e. The van der Waals surface area contributed by atoms with Crippen LogP contribution < -0.4 is 5.32 Å². The summed E-state index contributed by atoms with van der Waals surface area (Å²) in [6.45, 7) is 0.871. The zero-order valence-corrected chi connectivity index (χ0v) is 12.9. The van der Waals surface area contributed by atoms with Crippen LogP contribution in [0.1, 0.15) is 44.9 Å². The molecular weight excluding hydrogens is 280 g/mol. The van der Waals surface area contributed by atoms with Crippen LogP contribution in [0.15, 0.2) is 18.5 Å². The lowest BCUT2D eigenvalue weighted by molar-refractivity contribution is -0.129. The zero-order valence-electron chi connectivity index (χ0n) is 12.9. The van der Waals surface area contributed by atoms with Crippen LogP contribution in [0.2, 0.25) is 0 Å². The predicted molar refractivity (Wildman–Crippen MR) is 82.0 cm³/mol. The number of nitrogens with one attached hydrogen (secondary N) is 1. The third-order valence-corrected chi connectivity index (χ3v) is 4.65. The van der Waals surface area contributed by atoms with Crippen LogP contribution >= 0.6 is 0 Å². The van der Waals surface area contributed by atoms with Crippen LogP contribution in [-0.4, -0.2) is 45.1 Å². The number of carbonyl (C=O) groups excluding carboxylic acids is 2. The summed E-state index contributed by atoms with van der Waals surface area (Å²) in [4.78, 5) is 26.3. The molecule has 0 bridgehead atoms. The third-order valence-electron chi connectivity index (χ3n) is 4.65. The lowest BCUT2D eigenvalue weighted by Crippen LogP contribution is -2.41. The molecule has 0 spiro atoms. The minimum absolute atomic E-state index is 0.0567. The molecule has 2 amide bonds. The number of hydrogen-bond acceptors (Lipinski definition) is 3. The van der Waals surface area contributed by atoms with Gasteiger partial charge in [-0.05, 0) is 18.9 Å². The molecule has 1 aromatic rings. The van der Waals surface area contributed by atoms with Gasteiger partial charge in [-0.15, -0.1) is 0 Å². The van der Waals surface area contributed by atoms with E-state index in [0.717, 1.165) is 12.8 Å². The van der Waals surface area contributed by atoms with Gasteiger partial charge in [0.25, 0.3) is 0 Å². The Bertz CT molecular complexity index is 506. The van der Waals surface area contributed by atoms with Gasteiger partial charge in [-0.2, -0.15) is 5.10 Å². The summed E-state index contributed by atoms with van der Waals surface area (Å²) in [5.41, 5.74) is 0. The lowest BCUT2D eigenvalue weighted by Gasteiger charge is -2.27. The van der Waals surface area contributed by atoms with Crippen molar-refractivity contribution in [3.8, 4) is 0 Å². The lowest BCUT2D eigenvalue weighted by atomic mass is 10.1. The first-order valence-corrected chi connectivity index (χ1v) is 8.28. The van der Waals surface area contributed by atoms with Crippen LogP contribution in [0.25, 0.3) is 0 Å². The molecule has 0 unspecified atom stereocenters.